The van der Waals surface area contributed by atoms with Gasteiger partial charge in [-0.3, -0.25) is 9.69 Å². The van der Waals surface area contributed by atoms with Crippen molar-refractivity contribution in [1.29, 1.82) is 0 Å². The topological polar surface area (TPSA) is 73.8 Å². The molecule has 1 aliphatic heterocycles. The van der Waals surface area contributed by atoms with Gasteiger partial charge in [0.05, 0.1) is 0 Å². The fraction of sp³-hybridized carbons (Fsp3) is 0.435. The lowest BCUT2D eigenvalue weighted by Crippen LogP contribution is -2.38. The third-order valence-electron chi connectivity index (χ3n) is 5.02. The van der Waals surface area contributed by atoms with Crippen molar-refractivity contribution in [3.8, 4) is 5.75 Å². The fourth-order valence-corrected chi connectivity index (χ4v) is 3.56. The lowest BCUT2D eigenvalue weighted by Gasteiger charge is -2.30. The number of benzene rings is 2. The van der Waals surface area contributed by atoms with Gasteiger partial charge in [0.2, 0.25) is 5.91 Å². The Labute approximate surface area is 172 Å². The minimum Gasteiger partial charge on any atom is -0.491 e. The van der Waals surface area contributed by atoms with Gasteiger partial charge in [-0.2, -0.15) is 0 Å². The van der Waals surface area contributed by atoms with E-state index < -0.39 is 6.10 Å². The maximum atomic E-state index is 10.8. The summed E-state index contributed by atoms with van der Waals surface area (Å²) in [7, 11) is 0. The van der Waals surface area contributed by atoms with Crippen LogP contribution in [0.2, 0.25) is 0 Å². The highest BCUT2D eigenvalue weighted by atomic mass is 16.5. The van der Waals surface area contributed by atoms with Gasteiger partial charge in [0.25, 0.3) is 0 Å². The quantitative estimate of drug-likeness (QED) is 0.533. The molecule has 0 fully saturated rings. The van der Waals surface area contributed by atoms with Crippen LogP contribution in [0.15, 0.2) is 48.5 Å². The summed E-state index contributed by atoms with van der Waals surface area (Å²) in [6.07, 6.45) is 0.500. The molecule has 0 aromatic heterocycles. The molecule has 3 rings (SSSR count). The summed E-state index contributed by atoms with van der Waals surface area (Å²) in [6, 6.07) is 16.4. The Morgan fingerprint density at radius 2 is 2.00 bits per heavy atom. The van der Waals surface area contributed by atoms with E-state index in [-0.39, 0.29) is 12.5 Å². The lowest BCUT2D eigenvalue weighted by molar-refractivity contribution is -0.118. The van der Waals surface area contributed by atoms with Crippen molar-refractivity contribution in [2.24, 2.45) is 0 Å². The maximum Gasteiger partial charge on any atom is 0.216 e. The standard InChI is InChI=1S/C23H31N3O3/c1-18(27)25-11-10-24-14-19-5-4-8-23(13-19)29-17-22(28)16-26-12-9-20-6-2-3-7-21(20)15-26/h2-8,13,22,24,28H,9-12,14-17H2,1H3,(H,25,27)/t22-/m0/s1. The first kappa shape index (κ1) is 21.3. The third kappa shape index (κ3) is 7.16. The molecule has 0 unspecified atom stereocenters. The highest BCUT2D eigenvalue weighted by Crippen LogP contribution is 2.19. The number of ether oxygens (including phenoxy) is 1. The minimum atomic E-state index is -0.528. The molecular formula is C23H31N3O3. The van der Waals surface area contributed by atoms with E-state index in [1.165, 1.54) is 18.1 Å². The number of hydrogen-bond donors (Lipinski definition) is 3. The largest absolute Gasteiger partial charge is 0.491 e. The molecular weight excluding hydrogens is 366 g/mol. The molecule has 0 aliphatic carbocycles. The molecule has 6 nitrogen and oxygen atoms in total. The summed E-state index contributed by atoms with van der Waals surface area (Å²) < 4.78 is 5.82. The first-order valence-corrected chi connectivity index (χ1v) is 10.2. The van der Waals surface area contributed by atoms with Gasteiger partial charge in [-0.25, -0.2) is 0 Å². The zero-order valence-corrected chi connectivity index (χ0v) is 17.1. The van der Waals surface area contributed by atoms with Crippen molar-refractivity contribution in [1.82, 2.24) is 15.5 Å². The second-order valence-electron chi connectivity index (χ2n) is 7.53. The van der Waals surface area contributed by atoms with Gasteiger partial charge in [-0.05, 0) is 35.2 Å². The number of amides is 1. The Bertz CT molecular complexity index is 796. The van der Waals surface area contributed by atoms with Crippen molar-refractivity contribution in [3.05, 3.63) is 65.2 Å². The molecule has 6 heteroatoms. The summed E-state index contributed by atoms with van der Waals surface area (Å²) >= 11 is 0. The number of fused-ring (bicyclic) bond motifs is 1. The van der Waals surface area contributed by atoms with Crippen LogP contribution >= 0.6 is 0 Å². The van der Waals surface area contributed by atoms with Crippen LogP contribution in [-0.2, 0) is 24.3 Å². The van der Waals surface area contributed by atoms with Crippen molar-refractivity contribution in [3.63, 3.8) is 0 Å². The Morgan fingerprint density at radius 1 is 1.17 bits per heavy atom. The number of carbonyl (C=O) groups is 1. The molecule has 29 heavy (non-hydrogen) atoms. The molecule has 156 valence electrons. The lowest BCUT2D eigenvalue weighted by atomic mass is 10.00. The predicted molar refractivity (Wildman–Crippen MR) is 114 cm³/mol. The monoisotopic (exact) mass is 397 g/mol. The zero-order chi connectivity index (χ0) is 20.5. The smallest absolute Gasteiger partial charge is 0.216 e. The van der Waals surface area contributed by atoms with E-state index in [9.17, 15) is 9.90 Å². The highest BCUT2D eigenvalue weighted by molar-refractivity contribution is 5.72. The van der Waals surface area contributed by atoms with Crippen LogP contribution in [-0.4, -0.2) is 54.8 Å². The van der Waals surface area contributed by atoms with Crippen molar-refractivity contribution in [2.45, 2.75) is 32.5 Å². The second kappa shape index (κ2) is 11.0. The van der Waals surface area contributed by atoms with Crippen LogP contribution in [0, 0.1) is 0 Å². The normalized spacial score (nSPS) is 14.8. The summed E-state index contributed by atoms with van der Waals surface area (Å²) in [6.45, 7) is 6.27. The number of hydrogen-bond acceptors (Lipinski definition) is 5. The Hall–Kier alpha value is -2.41. The van der Waals surface area contributed by atoms with Gasteiger partial charge in [-0.15, -0.1) is 0 Å². The SMILES string of the molecule is CC(=O)NCCNCc1cccc(OC[C@@H](O)CN2CCc3ccccc3C2)c1. The van der Waals surface area contributed by atoms with Crippen molar-refractivity contribution in [2.75, 3.05) is 32.8 Å². The van der Waals surface area contributed by atoms with Gasteiger partial charge in [0.1, 0.15) is 18.5 Å². The number of nitrogens with one attached hydrogen (secondary N) is 2. The molecule has 2 aromatic carbocycles. The molecule has 0 saturated heterocycles. The second-order valence-corrected chi connectivity index (χ2v) is 7.53. The summed E-state index contributed by atoms with van der Waals surface area (Å²) in [5.74, 6) is 0.740. The molecule has 3 N–H and O–H groups in total. The highest BCUT2D eigenvalue weighted by Gasteiger charge is 2.18. The molecule has 0 bridgehead atoms. The van der Waals surface area contributed by atoms with Gasteiger partial charge in [0.15, 0.2) is 0 Å². The summed E-state index contributed by atoms with van der Waals surface area (Å²) in [5, 5.41) is 16.5. The van der Waals surface area contributed by atoms with E-state index in [4.69, 9.17) is 4.74 Å². The first-order chi connectivity index (χ1) is 14.1. The number of carbonyl (C=O) groups excluding carboxylic acids is 1. The zero-order valence-electron chi connectivity index (χ0n) is 17.1. The number of rotatable bonds is 10. The number of nitrogens with zero attached hydrogens (tertiary/aromatic N) is 1. The average molecular weight is 398 g/mol. The molecule has 1 amide bonds. The van der Waals surface area contributed by atoms with Gasteiger partial charge < -0.3 is 20.5 Å². The average Bonchev–Trinajstić information content (AvgIpc) is 2.72. The molecule has 1 atom stereocenters. The fourth-order valence-electron chi connectivity index (χ4n) is 3.56. The van der Waals surface area contributed by atoms with E-state index in [0.717, 1.165) is 30.8 Å². The Balaban J connectivity index is 1.39. The maximum absolute atomic E-state index is 10.8. The van der Waals surface area contributed by atoms with Gasteiger partial charge in [0, 0.05) is 46.2 Å². The van der Waals surface area contributed by atoms with Gasteiger partial charge >= 0.3 is 0 Å². The van der Waals surface area contributed by atoms with E-state index in [0.29, 0.717) is 26.2 Å². The number of aliphatic hydroxyl groups is 1. The van der Waals surface area contributed by atoms with E-state index in [1.807, 2.05) is 24.3 Å². The van der Waals surface area contributed by atoms with Crippen molar-refractivity contribution < 1.29 is 14.6 Å². The Kier molecular flexibility index (Phi) is 8.04. The predicted octanol–water partition coefficient (Wildman–Crippen LogP) is 1.71. The van der Waals surface area contributed by atoms with Crippen LogP contribution < -0.4 is 15.4 Å². The van der Waals surface area contributed by atoms with Crippen LogP contribution in [0.1, 0.15) is 23.6 Å². The van der Waals surface area contributed by atoms with Crippen molar-refractivity contribution >= 4 is 5.91 Å². The van der Waals surface area contributed by atoms with Crippen LogP contribution in [0.25, 0.3) is 0 Å². The van der Waals surface area contributed by atoms with Crippen LogP contribution in [0.4, 0.5) is 0 Å². The molecule has 2 aromatic rings. The molecule has 1 aliphatic rings. The summed E-state index contributed by atoms with van der Waals surface area (Å²) in [5.41, 5.74) is 3.87. The summed E-state index contributed by atoms with van der Waals surface area (Å²) in [4.78, 5) is 13.1. The molecule has 0 spiro atoms. The molecule has 0 saturated carbocycles. The van der Waals surface area contributed by atoms with E-state index in [1.54, 1.807) is 0 Å². The number of β-amino-alcohol motifs (C(OH)–C–C–N with tert-alkyl or cyclic N) is 1. The molecule has 0 radical (unpaired) electrons. The van der Waals surface area contributed by atoms with Gasteiger partial charge in [-0.1, -0.05) is 36.4 Å². The Morgan fingerprint density at radius 3 is 2.83 bits per heavy atom. The van der Waals surface area contributed by atoms with Crippen LogP contribution in [0.3, 0.4) is 0 Å². The van der Waals surface area contributed by atoms with Crippen LogP contribution in [0.5, 0.6) is 5.75 Å². The third-order valence-corrected chi connectivity index (χ3v) is 5.02. The molecule has 1 heterocycles. The first-order valence-electron chi connectivity index (χ1n) is 10.2. The van der Waals surface area contributed by atoms with E-state index >= 15 is 0 Å². The number of aliphatic hydroxyl groups excluding tert-OH is 1. The van der Waals surface area contributed by atoms with E-state index in [2.05, 4.69) is 39.8 Å². The minimum absolute atomic E-state index is 0.0190.